The Labute approximate surface area is 128 Å². The number of nitrogens with one attached hydrogen (secondary N) is 1. The van der Waals surface area contributed by atoms with Gasteiger partial charge in [0.15, 0.2) is 0 Å². The van der Waals surface area contributed by atoms with Crippen molar-refractivity contribution >= 4 is 17.4 Å². The van der Waals surface area contributed by atoms with Gasteiger partial charge >= 0.3 is 5.51 Å². The van der Waals surface area contributed by atoms with Crippen molar-refractivity contribution in [1.29, 1.82) is 0 Å². The van der Waals surface area contributed by atoms with Gasteiger partial charge in [-0.3, -0.25) is 0 Å². The first kappa shape index (κ1) is 16.5. The van der Waals surface area contributed by atoms with Gasteiger partial charge in [0.2, 0.25) is 0 Å². The van der Waals surface area contributed by atoms with Crippen molar-refractivity contribution in [3.63, 3.8) is 0 Å². The first-order chi connectivity index (χ1) is 9.85. The van der Waals surface area contributed by atoms with Crippen molar-refractivity contribution < 1.29 is 13.2 Å². The average molecular weight is 318 g/mol. The summed E-state index contributed by atoms with van der Waals surface area (Å²) in [5.41, 5.74) is -3.69. The fourth-order valence-corrected chi connectivity index (χ4v) is 3.41. The molecule has 0 amide bonds. The highest BCUT2D eigenvalue weighted by atomic mass is 32.2. The van der Waals surface area contributed by atoms with Gasteiger partial charge < -0.3 is 10.2 Å². The standard InChI is InChI=1S/C15H21F3N2S/c1-11(12-6-5-9-20(2)10-12)19-13-7-3-4-8-14(13)21-15(16,17)18/h3-4,7-8,11-12,19H,5-6,9-10H2,1-2H3. The summed E-state index contributed by atoms with van der Waals surface area (Å²) >= 11 is -0.0564. The van der Waals surface area contributed by atoms with E-state index in [1.807, 2.05) is 0 Å². The number of halogens is 3. The van der Waals surface area contributed by atoms with Crippen LogP contribution in [-0.2, 0) is 0 Å². The highest BCUT2D eigenvalue weighted by Crippen LogP contribution is 2.40. The molecule has 1 fully saturated rings. The van der Waals surface area contributed by atoms with Gasteiger partial charge in [-0.1, -0.05) is 12.1 Å². The number of rotatable bonds is 4. The Bertz CT molecular complexity index is 464. The van der Waals surface area contributed by atoms with Crippen molar-refractivity contribution in [3.8, 4) is 0 Å². The normalized spacial score (nSPS) is 22.0. The van der Waals surface area contributed by atoms with Gasteiger partial charge in [0.25, 0.3) is 0 Å². The molecule has 1 saturated heterocycles. The third-order valence-electron chi connectivity index (χ3n) is 3.86. The van der Waals surface area contributed by atoms with Crippen LogP contribution in [0.2, 0.25) is 0 Å². The minimum atomic E-state index is -4.26. The van der Waals surface area contributed by atoms with E-state index in [2.05, 4.69) is 24.2 Å². The van der Waals surface area contributed by atoms with Crippen molar-refractivity contribution in [1.82, 2.24) is 4.90 Å². The molecule has 0 bridgehead atoms. The van der Waals surface area contributed by atoms with Crippen LogP contribution in [-0.4, -0.2) is 36.6 Å². The molecule has 1 aromatic rings. The maximum absolute atomic E-state index is 12.6. The summed E-state index contributed by atoms with van der Waals surface area (Å²) in [6, 6.07) is 6.79. The van der Waals surface area contributed by atoms with Gasteiger partial charge in [-0.15, -0.1) is 0 Å². The molecular formula is C15H21F3N2S. The summed E-state index contributed by atoms with van der Waals surface area (Å²) in [4.78, 5) is 2.52. The summed E-state index contributed by atoms with van der Waals surface area (Å²) in [6.07, 6.45) is 2.26. The number of thioether (sulfide) groups is 1. The van der Waals surface area contributed by atoms with Gasteiger partial charge in [0.05, 0.1) is 0 Å². The average Bonchev–Trinajstić information content (AvgIpc) is 2.39. The van der Waals surface area contributed by atoms with Crippen molar-refractivity contribution in [2.24, 2.45) is 5.92 Å². The van der Waals surface area contributed by atoms with Crippen LogP contribution in [0, 0.1) is 5.92 Å². The molecule has 118 valence electrons. The lowest BCUT2D eigenvalue weighted by Crippen LogP contribution is -2.39. The minimum Gasteiger partial charge on any atom is -0.381 e. The highest BCUT2D eigenvalue weighted by molar-refractivity contribution is 8.00. The van der Waals surface area contributed by atoms with Gasteiger partial charge in [0.1, 0.15) is 0 Å². The zero-order valence-electron chi connectivity index (χ0n) is 12.3. The summed E-state index contributed by atoms with van der Waals surface area (Å²) in [5.74, 6) is 0.465. The van der Waals surface area contributed by atoms with Crippen molar-refractivity contribution in [2.45, 2.75) is 36.2 Å². The number of benzene rings is 1. The zero-order chi connectivity index (χ0) is 15.5. The maximum Gasteiger partial charge on any atom is 0.446 e. The Morgan fingerprint density at radius 1 is 1.33 bits per heavy atom. The zero-order valence-corrected chi connectivity index (χ0v) is 13.1. The molecule has 2 atom stereocenters. The van der Waals surface area contributed by atoms with Crippen LogP contribution in [0.3, 0.4) is 0 Å². The van der Waals surface area contributed by atoms with E-state index >= 15 is 0 Å². The van der Waals surface area contributed by atoms with Crippen LogP contribution in [0.1, 0.15) is 19.8 Å². The second-order valence-electron chi connectivity index (χ2n) is 5.64. The molecule has 0 saturated carbocycles. The van der Waals surface area contributed by atoms with Crippen LogP contribution in [0.25, 0.3) is 0 Å². The summed E-state index contributed by atoms with van der Waals surface area (Å²) in [6.45, 7) is 4.14. The van der Waals surface area contributed by atoms with E-state index in [1.165, 1.54) is 6.07 Å². The van der Waals surface area contributed by atoms with E-state index in [-0.39, 0.29) is 22.7 Å². The smallest absolute Gasteiger partial charge is 0.381 e. The molecule has 0 aromatic heterocycles. The number of hydrogen-bond acceptors (Lipinski definition) is 3. The number of nitrogens with zero attached hydrogens (tertiary/aromatic N) is 1. The number of piperidine rings is 1. The first-order valence-electron chi connectivity index (χ1n) is 7.15. The summed E-state index contributed by atoms with van der Waals surface area (Å²) in [7, 11) is 2.09. The SMILES string of the molecule is CC(Nc1ccccc1SC(F)(F)F)C1CCCN(C)C1. The van der Waals surface area contributed by atoms with Crippen LogP contribution >= 0.6 is 11.8 Å². The predicted octanol–water partition coefficient (Wildman–Crippen LogP) is 4.44. The molecule has 2 unspecified atom stereocenters. The molecule has 2 nitrogen and oxygen atoms in total. The van der Waals surface area contributed by atoms with E-state index in [1.54, 1.807) is 18.2 Å². The molecule has 1 aliphatic rings. The quantitative estimate of drug-likeness (QED) is 0.826. The first-order valence-corrected chi connectivity index (χ1v) is 7.96. The summed E-state index contributed by atoms with van der Waals surface area (Å²) in [5, 5.41) is 3.28. The highest BCUT2D eigenvalue weighted by Gasteiger charge is 2.31. The maximum atomic E-state index is 12.6. The van der Waals surface area contributed by atoms with E-state index < -0.39 is 5.51 Å². The molecular weight excluding hydrogens is 297 g/mol. The number of anilines is 1. The number of hydrogen-bond donors (Lipinski definition) is 1. The monoisotopic (exact) mass is 318 g/mol. The molecule has 2 rings (SSSR count). The van der Waals surface area contributed by atoms with E-state index in [0.29, 0.717) is 11.6 Å². The lowest BCUT2D eigenvalue weighted by atomic mass is 9.92. The topological polar surface area (TPSA) is 15.3 Å². The third-order valence-corrected chi connectivity index (χ3v) is 4.67. The van der Waals surface area contributed by atoms with Crippen LogP contribution in [0.5, 0.6) is 0 Å². The van der Waals surface area contributed by atoms with Gasteiger partial charge in [0, 0.05) is 23.2 Å². The Hall–Kier alpha value is -0.880. The van der Waals surface area contributed by atoms with Gasteiger partial charge in [-0.25, -0.2) is 0 Å². The van der Waals surface area contributed by atoms with Crippen LogP contribution in [0.15, 0.2) is 29.2 Å². The lowest BCUT2D eigenvalue weighted by molar-refractivity contribution is -0.0327. The molecule has 6 heteroatoms. The largest absolute Gasteiger partial charge is 0.446 e. The second-order valence-corrected chi connectivity index (χ2v) is 6.75. The van der Waals surface area contributed by atoms with Crippen molar-refractivity contribution in [3.05, 3.63) is 24.3 Å². The van der Waals surface area contributed by atoms with Crippen LogP contribution < -0.4 is 5.32 Å². The predicted molar refractivity (Wildman–Crippen MR) is 81.7 cm³/mol. The number of alkyl halides is 3. The third kappa shape index (κ3) is 5.11. The number of likely N-dealkylation sites (tertiary alicyclic amines) is 1. The summed E-state index contributed by atoms with van der Waals surface area (Å²) < 4.78 is 37.8. The molecule has 0 spiro atoms. The Morgan fingerprint density at radius 2 is 2.05 bits per heavy atom. The van der Waals surface area contributed by atoms with E-state index in [9.17, 15) is 13.2 Å². The molecule has 0 aliphatic carbocycles. The van der Waals surface area contributed by atoms with E-state index in [0.717, 1.165) is 25.9 Å². The molecule has 21 heavy (non-hydrogen) atoms. The molecule has 1 aromatic carbocycles. The number of para-hydroxylation sites is 1. The van der Waals surface area contributed by atoms with Crippen LogP contribution in [0.4, 0.5) is 18.9 Å². The molecule has 0 radical (unpaired) electrons. The fourth-order valence-electron chi connectivity index (χ4n) is 2.78. The van der Waals surface area contributed by atoms with E-state index in [4.69, 9.17) is 0 Å². The Kier molecular flexibility index (Phi) is 5.43. The lowest BCUT2D eigenvalue weighted by Gasteiger charge is -2.34. The fraction of sp³-hybridized carbons (Fsp3) is 0.600. The van der Waals surface area contributed by atoms with Gasteiger partial charge in [-0.05, 0) is 63.2 Å². The van der Waals surface area contributed by atoms with Crippen molar-refractivity contribution in [2.75, 3.05) is 25.5 Å². The second kappa shape index (κ2) is 6.92. The molecule has 1 aliphatic heterocycles. The van der Waals surface area contributed by atoms with Gasteiger partial charge in [-0.2, -0.15) is 13.2 Å². The Morgan fingerprint density at radius 3 is 2.71 bits per heavy atom. The molecule has 1 heterocycles. The minimum absolute atomic E-state index is 0.0564. The molecule has 1 N–H and O–H groups in total. The Balaban J connectivity index is 2.05.